The number of nitrogens with zero attached hydrogens (tertiary/aromatic N) is 2. The number of esters is 1. The molecule has 0 aliphatic heterocycles. The van der Waals surface area contributed by atoms with Crippen LogP contribution < -0.4 is 5.32 Å². The highest BCUT2D eigenvalue weighted by atomic mass is 32.1. The van der Waals surface area contributed by atoms with E-state index in [0.717, 1.165) is 28.4 Å². The fourth-order valence-corrected chi connectivity index (χ4v) is 3.57. The van der Waals surface area contributed by atoms with Crippen molar-refractivity contribution in [1.82, 2.24) is 9.88 Å². The minimum absolute atomic E-state index is 0.132. The molecule has 6 nitrogen and oxygen atoms in total. The van der Waals surface area contributed by atoms with Gasteiger partial charge in [0.2, 0.25) is 0 Å². The third kappa shape index (κ3) is 6.06. The molecule has 2 heterocycles. The van der Waals surface area contributed by atoms with Crippen LogP contribution in [-0.4, -0.2) is 22.5 Å². The van der Waals surface area contributed by atoms with E-state index < -0.39 is 18.0 Å². The number of nitriles is 1. The predicted octanol–water partition coefficient (Wildman–Crippen LogP) is 3.98. The van der Waals surface area contributed by atoms with Crippen molar-refractivity contribution in [2.75, 3.05) is 0 Å². The summed E-state index contributed by atoms with van der Waals surface area (Å²) in [5, 5.41) is 14.1. The number of ether oxygens (including phenoxy) is 1. The number of aromatic nitrogens is 1. The molecule has 0 fully saturated rings. The molecule has 0 unspecified atom stereocenters. The molecule has 1 N–H and O–H groups in total. The third-order valence-electron chi connectivity index (χ3n) is 4.47. The van der Waals surface area contributed by atoms with Crippen LogP contribution in [0.5, 0.6) is 0 Å². The van der Waals surface area contributed by atoms with Gasteiger partial charge in [-0.05, 0) is 55.8 Å². The van der Waals surface area contributed by atoms with Gasteiger partial charge in [0.05, 0.1) is 6.54 Å². The zero-order valence-electron chi connectivity index (χ0n) is 17.5. The number of hydrogen-bond acceptors (Lipinski definition) is 5. The normalized spacial score (nSPS) is 12.5. The van der Waals surface area contributed by atoms with Gasteiger partial charge in [-0.15, -0.1) is 11.3 Å². The summed E-state index contributed by atoms with van der Waals surface area (Å²) in [6.07, 6.45) is 0.533. The summed E-state index contributed by atoms with van der Waals surface area (Å²) in [6, 6.07) is 7.65. The Balaban J connectivity index is 2.06. The lowest BCUT2D eigenvalue weighted by Crippen LogP contribution is -2.35. The number of carbonyl (C=O) groups excluding carboxylic acids is 2. The monoisotopic (exact) mass is 413 g/mol. The average Bonchev–Trinajstić information content (AvgIpc) is 3.27. The number of carbonyl (C=O) groups is 2. The second kappa shape index (κ2) is 10.1. The Morgan fingerprint density at radius 3 is 2.66 bits per heavy atom. The molecule has 2 aromatic rings. The van der Waals surface area contributed by atoms with Gasteiger partial charge in [-0.2, -0.15) is 5.26 Å². The highest BCUT2D eigenvalue weighted by Gasteiger charge is 2.21. The molecule has 29 heavy (non-hydrogen) atoms. The number of amides is 1. The SMILES string of the molecule is Cc1cc(/C=C(\C#N)C(=O)O[C@@H](C)C(=O)NCc2cccs2)c(C)n1CC(C)C. The van der Waals surface area contributed by atoms with E-state index in [4.69, 9.17) is 4.74 Å². The number of thiophene rings is 1. The second-order valence-corrected chi connectivity index (χ2v) is 8.38. The number of nitrogens with one attached hydrogen (secondary N) is 1. The lowest BCUT2D eigenvalue weighted by atomic mass is 10.1. The lowest BCUT2D eigenvalue weighted by molar-refractivity contribution is -0.150. The fraction of sp³-hybridized carbons (Fsp3) is 0.409. The Morgan fingerprint density at radius 2 is 2.07 bits per heavy atom. The molecular formula is C22H27N3O3S. The minimum atomic E-state index is -0.993. The van der Waals surface area contributed by atoms with Crippen molar-refractivity contribution in [1.29, 1.82) is 5.26 Å². The Bertz CT molecular complexity index is 933. The molecule has 7 heteroatoms. The quantitative estimate of drug-likeness (QED) is 0.403. The molecular weight excluding hydrogens is 386 g/mol. The molecule has 0 radical (unpaired) electrons. The summed E-state index contributed by atoms with van der Waals surface area (Å²) in [7, 11) is 0. The molecule has 0 aliphatic carbocycles. The lowest BCUT2D eigenvalue weighted by Gasteiger charge is -2.13. The van der Waals surface area contributed by atoms with Gasteiger partial charge < -0.3 is 14.6 Å². The van der Waals surface area contributed by atoms with E-state index in [9.17, 15) is 14.9 Å². The Kier molecular flexibility index (Phi) is 7.80. The van der Waals surface area contributed by atoms with Crippen LogP contribution in [0.1, 0.15) is 42.6 Å². The van der Waals surface area contributed by atoms with Crippen LogP contribution in [0.4, 0.5) is 0 Å². The van der Waals surface area contributed by atoms with Crippen LogP contribution in [0.2, 0.25) is 0 Å². The van der Waals surface area contributed by atoms with Gasteiger partial charge in [0.1, 0.15) is 11.6 Å². The maximum absolute atomic E-state index is 12.4. The summed E-state index contributed by atoms with van der Waals surface area (Å²) >= 11 is 1.53. The zero-order chi connectivity index (χ0) is 21.6. The summed E-state index contributed by atoms with van der Waals surface area (Å²) in [5.41, 5.74) is 2.71. The molecule has 1 amide bonds. The summed E-state index contributed by atoms with van der Waals surface area (Å²) in [6.45, 7) is 11.0. The van der Waals surface area contributed by atoms with Gasteiger partial charge in [-0.3, -0.25) is 4.79 Å². The number of aryl methyl sites for hydroxylation is 1. The number of hydrogen-bond donors (Lipinski definition) is 1. The molecule has 2 rings (SSSR count). The van der Waals surface area contributed by atoms with Crippen LogP contribution in [0.15, 0.2) is 29.2 Å². The second-order valence-electron chi connectivity index (χ2n) is 7.35. The van der Waals surface area contributed by atoms with Crippen molar-refractivity contribution < 1.29 is 14.3 Å². The van der Waals surface area contributed by atoms with E-state index >= 15 is 0 Å². The van der Waals surface area contributed by atoms with Crippen molar-refractivity contribution >= 4 is 29.3 Å². The summed E-state index contributed by atoms with van der Waals surface area (Å²) in [5.74, 6) is -0.732. The first-order valence-corrected chi connectivity index (χ1v) is 10.4. The highest BCUT2D eigenvalue weighted by molar-refractivity contribution is 7.09. The first kappa shape index (κ1) is 22.4. The van der Waals surface area contributed by atoms with Crippen LogP contribution >= 0.6 is 11.3 Å². The molecule has 0 saturated carbocycles. The van der Waals surface area contributed by atoms with Gasteiger partial charge in [-0.25, -0.2) is 4.79 Å². The van der Waals surface area contributed by atoms with Crippen molar-refractivity contribution in [3.05, 3.63) is 51.0 Å². The maximum atomic E-state index is 12.4. The molecule has 0 aliphatic rings. The predicted molar refractivity (Wildman–Crippen MR) is 114 cm³/mol. The van der Waals surface area contributed by atoms with E-state index in [1.54, 1.807) is 0 Å². The maximum Gasteiger partial charge on any atom is 0.349 e. The van der Waals surface area contributed by atoms with E-state index in [2.05, 4.69) is 23.7 Å². The first-order chi connectivity index (χ1) is 13.7. The highest BCUT2D eigenvalue weighted by Crippen LogP contribution is 2.20. The van der Waals surface area contributed by atoms with E-state index in [0.29, 0.717) is 12.5 Å². The average molecular weight is 414 g/mol. The molecule has 2 aromatic heterocycles. The van der Waals surface area contributed by atoms with Crippen LogP contribution in [0.3, 0.4) is 0 Å². The van der Waals surface area contributed by atoms with Gasteiger partial charge in [-0.1, -0.05) is 19.9 Å². The van der Waals surface area contributed by atoms with Crippen LogP contribution in [0.25, 0.3) is 6.08 Å². The standard InChI is InChI=1S/C22H27N3O3S/c1-14(2)13-25-15(3)9-18(16(25)4)10-19(11-23)22(27)28-17(5)21(26)24-12-20-7-6-8-29-20/h6-10,14,17H,12-13H2,1-5H3,(H,24,26)/b19-10+/t17-/m0/s1. The molecule has 0 spiro atoms. The fourth-order valence-electron chi connectivity index (χ4n) is 2.92. The van der Waals surface area contributed by atoms with E-state index in [-0.39, 0.29) is 5.57 Å². The summed E-state index contributed by atoms with van der Waals surface area (Å²) in [4.78, 5) is 25.6. The Morgan fingerprint density at radius 1 is 1.34 bits per heavy atom. The van der Waals surface area contributed by atoms with E-state index in [1.807, 2.05) is 43.5 Å². The largest absolute Gasteiger partial charge is 0.448 e. The molecule has 0 aromatic carbocycles. The van der Waals surface area contributed by atoms with Crippen LogP contribution in [0, 0.1) is 31.1 Å². The molecule has 154 valence electrons. The van der Waals surface area contributed by atoms with Gasteiger partial charge in [0, 0.05) is 22.8 Å². The topological polar surface area (TPSA) is 84.1 Å². The Hall–Kier alpha value is -2.85. The van der Waals surface area contributed by atoms with Crippen molar-refractivity contribution in [2.45, 2.75) is 53.8 Å². The third-order valence-corrected chi connectivity index (χ3v) is 5.35. The molecule has 0 bridgehead atoms. The van der Waals surface area contributed by atoms with Crippen molar-refractivity contribution in [3.63, 3.8) is 0 Å². The van der Waals surface area contributed by atoms with Gasteiger partial charge in [0.25, 0.3) is 5.91 Å². The summed E-state index contributed by atoms with van der Waals surface area (Å²) < 4.78 is 7.37. The first-order valence-electron chi connectivity index (χ1n) is 9.52. The minimum Gasteiger partial charge on any atom is -0.448 e. The van der Waals surface area contributed by atoms with Crippen LogP contribution in [-0.2, 0) is 27.4 Å². The van der Waals surface area contributed by atoms with E-state index in [1.165, 1.54) is 24.3 Å². The Labute approximate surface area is 175 Å². The smallest absolute Gasteiger partial charge is 0.349 e. The van der Waals surface area contributed by atoms with Gasteiger partial charge in [0.15, 0.2) is 6.10 Å². The molecule has 1 atom stereocenters. The van der Waals surface area contributed by atoms with Crippen molar-refractivity contribution in [2.24, 2.45) is 5.92 Å². The van der Waals surface area contributed by atoms with Crippen molar-refractivity contribution in [3.8, 4) is 6.07 Å². The van der Waals surface area contributed by atoms with Gasteiger partial charge >= 0.3 is 5.97 Å². The zero-order valence-corrected chi connectivity index (χ0v) is 18.3. The molecule has 0 saturated heterocycles. The number of rotatable bonds is 8.